The number of nitrogens with zero attached hydrogens (tertiary/aromatic N) is 1. The Bertz CT molecular complexity index is 560. The third kappa shape index (κ3) is 2.68. The number of para-hydroxylation sites is 1. The van der Waals surface area contributed by atoms with Gasteiger partial charge in [0.2, 0.25) is 0 Å². The van der Waals surface area contributed by atoms with Gasteiger partial charge in [0.15, 0.2) is 0 Å². The number of alkyl halides is 1. The molecule has 0 N–H and O–H groups in total. The minimum Gasteiger partial charge on any atom is -0.465 e. The molecular formula is C14H16INO2. The van der Waals surface area contributed by atoms with Gasteiger partial charge in [0.1, 0.15) is 0 Å². The average molecular weight is 357 g/mol. The lowest BCUT2D eigenvalue weighted by Gasteiger charge is -2.06. The van der Waals surface area contributed by atoms with Crippen molar-refractivity contribution in [2.45, 2.75) is 23.8 Å². The maximum absolute atomic E-state index is 11.7. The highest BCUT2D eigenvalue weighted by Gasteiger charge is 2.14. The predicted octanol–water partition coefficient (Wildman–Crippen LogP) is 3.64. The molecule has 0 amide bonds. The molecule has 0 saturated carbocycles. The zero-order valence-electron chi connectivity index (χ0n) is 10.5. The van der Waals surface area contributed by atoms with Crippen LogP contribution in [-0.2, 0) is 11.3 Å². The first-order valence-electron chi connectivity index (χ1n) is 5.93. The normalized spacial score (nSPS) is 12.6. The van der Waals surface area contributed by atoms with E-state index < -0.39 is 0 Å². The number of hydrogen-bond acceptors (Lipinski definition) is 2. The molecule has 1 atom stereocenters. The van der Waals surface area contributed by atoms with E-state index >= 15 is 0 Å². The summed E-state index contributed by atoms with van der Waals surface area (Å²) in [6.45, 7) is 3.11. The van der Waals surface area contributed by atoms with Gasteiger partial charge in [0, 0.05) is 27.6 Å². The first-order valence-corrected chi connectivity index (χ1v) is 7.18. The second kappa shape index (κ2) is 5.73. The van der Waals surface area contributed by atoms with Crippen LogP contribution in [0.1, 0.15) is 23.7 Å². The maximum Gasteiger partial charge on any atom is 0.340 e. The summed E-state index contributed by atoms with van der Waals surface area (Å²) in [6.07, 6.45) is 2.98. The number of carbonyl (C=O) groups excluding carboxylic acids is 1. The third-order valence-electron chi connectivity index (χ3n) is 2.96. The number of aryl methyl sites for hydroxylation is 1. The van der Waals surface area contributed by atoms with Gasteiger partial charge in [-0.3, -0.25) is 0 Å². The van der Waals surface area contributed by atoms with Crippen LogP contribution in [0.5, 0.6) is 0 Å². The van der Waals surface area contributed by atoms with E-state index in [0.29, 0.717) is 9.49 Å². The summed E-state index contributed by atoms with van der Waals surface area (Å²) in [5.41, 5.74) is 1.74. The van der Waals surface area contributed by atoms with E-state index in [0.717, 1.165) is 23.9 Å². The molecule has 0 spiro atoms. The van der Waals surface area contributed by atoms with Gasteiger partial charge in [0.25, 0.3) is 0 Å². The zero-order valence-corrected chi connectivity index (χ0v) is 12.7. The Morgan fingerprint density at radius 2 is 2.17 bits per heavy atom. The van der Waals surface area contributed by atoms with Crippen molar-refractivity contribution in [3.63, 3.8) is 0 Å². The molecule has 0 aliphatic heterocycles. The Morgan fingerprint density at radius 3 is 2.83 bits per heavy atom. The topological polar surface area (TPSA) is 31.2 Å². The van der Waals surface area contributed by atoms with Crippen LogP contribution in [0.4, 0.5) is 0 Å². The van der Waals surface area contributed by atoms with E-state index in [-0.39, 0.29) is 5.97 Å². The fourth-order valence-electron chi connectivity index (χ4n) is 2.02. The van der Waals surface area contributed by atoms with E-state index in [1.165, 1.54) is 7.11 Å². The minimum absolute atomic E-state index is 0.271. The first-order chi connectivity index (χ1) is 8.63. The summed E-state index contributed by atoms with van der Waals surface area (Å²) < 4.78 is 7.58. The van der Waals surface area contributed by atoms with Crippen LogP contribution in [-0.4, -0.2) is 21.6 Å². The molecular weight excluding hydrogens is 341 g/mol. The lowest BCUT2D eigenvalue weighted by molar-refractivity contribution is 0.0602. The summed E-state index contributed by atoms with van der Waals surface area (Å²) in [5.74, 6) is -0.271. The molecule has 0 bridgehead atoms. The molecule has 0 aliphatic rings. The standard InChI is InChI=1S/C14H16INO2/c1-10(15)7-8-16-9-12(14(17)18-2)11-5-3-4-6-13(11)16/h3-6,9-10H,7-8H2,1-2H3. The Labute approximate surface area is 120 Å². The molecule has 18 heavy (non-hydrogen) atoms. The van der Waals surface area contributed by atoms with Gasteiger partial charge in [-0.15, -0.1) is 0 Å². The van der Waals surface area contributed by atoms with Crippen LogP contribution < -0.4 is 0 Å². The molecule has 1 aromatic heterocycles. The molecule has 4 heteroatoms. The largest absolute Gasteiger partial charge is 0.465 e. The molecule has 1 aromatic carbocycles. The van der Waals surface area contributed by atoms with Gasteiger partial charge in [-0.05, 0) is 12.5 Å². The minimum atomic E-state index is -0.271. The molecule has 0 saturated heterocycles. The van der Waals surface area contributed by atoms with Crippen LogP contribution in [0.2, 0.25) is 0 Å². The van der Waals surface area contributed by atoms with Crippen molar-refractivity contribution in [2.75, 3.05) is 7.11 Å². The van der Waals surface area contributed by atoms with Crippen molar-refractivity contribution in [3.8, 4) is 0 Å². The second-order valence-corrected chi connectivity index (χ2v) is 6.44. The van der Waals surface area contributed by atoms with Crippen molar-refractivity contribution < 1.29 is 9.53 Å². The molecule has 1 unspecified atom stereocenters. The van der Waals surface area contributed by atoms with Gasteiger partial charge in [-0.25, -0.2) is 4.79 Å². The summed E-state index contributed by atoms with van der Waals surface area (Å²) in [6, 6.07) is 7.94. The van der Waals surface area contributed by atoms with Crippen LogP contribution in [0.3, 0.4) is 0 Å². The van der Waals surface area contributed by atoms with E-state index in [9.17, 15) is 4.79 Å². The molecule has 0 aliphatic carbocycles. The van der Waals surface area contributed by atoms with Crippen molar-refractivity contribution in [2.24, 2.45) is 0 Å². The first kappa shape index (κ1) is 13.4. The number of halogens is 1. The number of carbonyl (C=O) groups is 1. The van der Waals surface area contributed by atoms with E-state index in [1.54, 1.807) is 0 Å². The fourth-order valence-corrected chi connectivity index (χ4v) is 2.30. The number of rotatable bonds is 4. The zero-order chi connectivity index (χ0) is 13.1. The Kier molecular flexibility index (Phi) is 4.27. The number of hydrogen-bond donors (Lipinski definition) is 0. The highest BCUT2D eigenvalue weighted by atomic mass is 127. The molecule has 96 valence electrons. The van der Waals surface area contributed by atoms with E-state index in [2.05, 4.69) is 34.1 Å². The summed E-state index contributed by atoms with van der Waals surface area (Å²) >= 11 is 2.42. The van der Waals surface area contributed by atoms with E-state index in [1.807, 2.05) is 30.5 Å². The average Bonchev–Trinajstić information content (AvgIpc) is 2.74. The van der Waals surface area contributed by atoms with Crippen LogP contribution in [0.15, 0.2) is 30.5 Å². The SMILES string of the molecule is COC(=O)c1cn(CCC(C)I)c2ccccc12. The highest BCUT2D eigenvalue weighted by molar-refractivity contribution is 14.1. The molecule has 2 rings (SSSR count). The number of esters is 1. The van der Waals surface area contributed by atoms with Crippen LogP contribution in [0.25, 0.3) is 10.9 Å². The summed E-state index contributed by atoms with van der Waals surface area (Å²) in [5, 5.41) is 0.963. The number of fused-ring (bicyclic) bond motifs is 1. The smallest absolute Gasteiger partial charge is 0.340 e. The quantitative estimate of drug-likeness (QED) is 0.475. The molecule has 1 heterocycles. The number of methoxy groups -OCH3 is 1. The maximum atomic E-state index is 11.7. The fraction of sp³-hybridized carbons (Fsp3) is 0.357. The summed E-state index contributed by atoms with van der Waals surface area (Å²) in [7, 11) is 1.42. The lowest BCUT2D eigenvalue weighted by Crippen LogP contribution is -2.02. The summed E-state index contributed by atoms with van der Waals surface area (Å²) in [4.78, 5) is 11.7. The third-order valence-corrected chi connectivity index (χ3v) is 3.58. The van der Waals surface area contributed by atoms with Gasteiger partial charge >= 0.3 is 5.97 Å². The second-order valence-electron chi connectivity index (χ2n) is 4.31. The molecule has 0 radical (unpaired) electrons. The van der Waals surface area contributed by atoms with Gasteiger partial charge in [0.05, 0.1) is 12.7 Å². The van der Waals surface area contributed by atoms with Crippen LogP contribution >= 0.6 is 22.6 Å². The number of benzene rings is 1. The molecule has 3 nitrogen and oxygen atoms in total. The monoisotopic (exact) mass is 357 g/mol. The lowest BCUT2D eigenvalue weighted by atomic mass is 10.2. The Balaban J connectivity index is 2.44. The number of ether oxygens (including phenoxy) is 1. The van der Waals surface area contributed by atoms with Crippen molar-refractivity contribution in [3.05, 3.63) is 36.0 Å². The molecule has 2 aromatic rings. The highest BCUT2D eigenvalue weighted by Crippen LogP contribution is 2.23. The Morgan fingerprint density at radius 1 is 1.44 bits per heavy atom. The van der Waals surface area contributed by atoms with Gasteiger partial charge in [-0.1, -0.05) is 47.7 Å². The van der Waals surface area contributed by atoms with Gasteiger partial charge < -0.3 is 9.30 Å². The van der Waals surface area contributed by atoms with E-state index in [4.69, 9.17) is 4.74 Å². The Hall–Kier alpha value is -1.04. The van der Waals surface area contributed by atoms with Crippen molar-refractivity contribution >= 4 is 39.5 Å². The number of aromatic nitrogens is 1. The van der Waals surface area contributed by atoms with Crippen LogP contribution in [0, 0.1) is 0 Å². The molecule has 0 fully saturated rings. The van der Waals surface area contributed by atoms with Crippen molar-refractivity contribution in [1.82, 2.24) is 4.57 Å². The predicted molar refractivity (Wildman–Crippen MR) is 81.4 cm³/mol. The van der Waals surface area contributed by atoms with Crippen molar-refractivity contribution in [1.29, 1.82) is 0 Å². The van der Waals surface area contributed by atoms with Gasteiger partial charge in [-0.2, -0.15) is 0 Å².